The molecule has 0 saturated heterocycles. The lowest BCUT2D eigenvalue weighted by molar-refractivity contribution is 0.0523. The van der Waals surface area contributed by atoms with Gasteiger partial charge >= 0.3 is 0 Å². The van der Waals surface area contributed by atoms with Gasteiger partial charge in [0.15, 0.2) is 0 Å². The molecule has 4 N–H and O–H groups in total. The second kappa shape index (κ2) is 8.83. The molecule has 2 heterocycles. The number of hydrogen-bond donors (Lipinski definition) is 4. The highest BCUT2D eigenvalue weighted by molar-refractivity contribution is 5.91. The van der Waals surface area contributed by atoms with E-state index in [9.17, 15) is 9.90 Å². The lowest BCUT2D eigenvalue weighted by Gasteiger charge is -2.24. The summed E-state index contributed by atoms with van der Waals surface area (Å²) in [5.41, 5.74) is 2.24. The van der Waals surface area contributed by atoms with Crippen LogP contribution in [0, 0.1) is 13.8 Å². The van der Waals surface area contributed by atoms with Gasteiger partial charge < -0.3 is 15.7 Å². The molecule has 0 spiro atoms. The highest BCUT2D eigenvalue weighted by Gasteiger charge is 2.24. The van der Waals surface area contributed by atoms with Gasteiger partial charge in [0.2, 0.25) is 5.82 Å². The van der Waals surface area contributed by atoms with Crippen molar-refractivity contribution in [2.24, 2.45) is 0 Å². The van der Waals surface area contributed by atoms with E-state index in [2.05, 4.69) is 30.8 Å². The van der Waals surface area contributed by atoms with Gasteiger partial charge in [-0.15, -0.1) is 0 Å². The Bertz CT molecular complexity index is 955. The lowest BCUT2D eigenvalue weighted by atomic mass is 9.96. The maximum Gasteiger partial charge on any atom is 0.289 e. The van der Waals surface area contributed by atoms with Crippen LogP contribution in [0.25, 0.3) is 0 Å². The van der Waals surface area contributed by atoms with Gasteiger partial charge in [0.1, 0.15) is 11.4 Å². The summed E-state index contributed by atoms with van der Waals surface area (Å²) < 4.78 is 0. The van der Waals surface area contributed by atoms with E-state index in [0.29, 0.717) is 12.4 Å². The van der Waals surface area contributed by atoms with Crippen LogP contribution in [0.15, 0.2) is 42.7 Å². The van der Waals surface area contributed by atoms with E-state index in [-0.39, 0.29) is 12.4 Å². The molecule has 8 nitrogen and oxygen atoms in total. The Kier molecular flexibility index (Phi) is 6.23. The van der Waals surface area contributed by atoms with E-state index in [1.165, 1.54) is 0 Å². The zero-order chi connectivity index (χ0) is 20.9. The smallest absolute Gasteiger partial charge is 0.289 e. The summed E-state index contributed by atoms with van der Waals surface area (Å²) in [6.07, 6.45) is 4.40. The van der Waals surface area contributed by atoms with Crippen molar-refractivity contribution in [2.75, 3.05) is 18.4 Å². The minimum atomic E-state index is -1.19. The molecule has 1 amide bonds. The molecule has 0 aliphatic rings. The molecule has 8 heteroatoms. The topological polar surface area (TPSA) is 116 Å². The minimum absolute atomic E-state index is 0.0510. The molecule has 0 aliphatic carbocycles. The summed E-state index contributed by atoms with van der Waals surface area (Å²) in [5.74, 6) is 0.269. The number of H-pyrrole nitrogens is 1. The van der Waals surface area contributed by atoms with Crippen LogP contribution in [0.2, 0.25) is 0 Å². The Balaban J connectivity index is 1.66. The zero-order valence-corrected chi connectivity index (χ0v) is 16.9. The molecule has 0 bridgehead atoms. The molecular formula is C21H26N6O2. The van der Waals surface area contributed by atoms with E-state index in [1.54, 1.807) is 13.1 Å². The van der Waals surface area contributed by atoms with Crippen LogP contribution >= 0.6 is 0 Å². The van der Waals surface area contributed by atoms with Crippen LogP contribution in [-0.4, -0.2) is 44.3 Å². The number of aromatic nitrogens is 4. The Morgan fingerprint density at radius 2 is 1.97 bits per heavy atom. The van der Waals surface area contributed by atoms with Gasteiger partial charge in [-0.1, -0.05) is 30.3 Å². The number of aryl methyl sites for hydroxylation is 1. The van der Waals surface area contributed by atoms with Gasteiger partial charge in [-0.05, 0) is 38.3 Å². The van der Waals surface area contributed by atoms with Crippen molar-refractivity contribution < 1.29 is 9.90 Å². The number of nitrogens with zero attached hydrogens (tertiary/aromatic N) is 3. The Hall–Kier alpha value is -3.26. The van der Waals surface area contributed by atoms with E-state index in [4.69, 9.17) is 0 Å². The van der Waals surface area contributed by atoms with Crippen LogP contribution in [0.5, 0.6) is 0 Å². The predicted molar refractivity (Wildman–Crippen MR) is 111 cm³/mol. The quantitative estimate of drug-likeness (QED) is 0.465. The first-order valence-electron chi connectivity index (χ1n) is 9.49. The van der Waals surface area contributed by atoms with Crippen LogP contribution < -0.4 is 10.6 Å². The van der Waals surface area contributed by atoms with Gasteiger partial charge in [0.05, 0.1) is 12.7 Å². The Morgan fingerprint density at radius 3 is 2.66 bits per heavy atom. The average molecular weight is 394 g/mol. The number of nitrogens with one attached hydrogen (secondary N) is 3. The van der Waals surface area contributed by atoms with Gasteiger partial charge in [0, 0.05) is 24.0 Å². The molecule has 1 aromatic carbocycles. The summed E-state index contributed by atoms with van der Waals surface area (Å²) in [6.45, 7) is 6.12. The summed E-state index contributed by atoms with van der Waals surface area (Å²) in [4.78, 5) is 21.3. The number of amides is 1. The number of carbonyl (C=O) groups is 1. The van der Waals surface area contributed by atoms with Crippen LogP contribution in [-0.2, 0) is 12.0 Å². The average Bonchev–Trinajstić information content (AvgIpc) is 3.23. The van der Waals surface area contributed by atoms with Crippen molar-refractivity contribution in [3.05, 3.63) is 70.9 Å². The molecule has 2 aromatic heterocycles. The summed E-state index contributed by atoms with van der Waals surface area (Å²) in [7, 11) is 0. The number of benzene rings is 1. The number of aliphatic hydroxyl groups is 1. The zero-order valence-electron chi connectivity index (χ0n) is 16.9. The first kappa shape index (κ1) is 20.5. The maximum atomic E-state index is 12.6. The summed E-state index contributed by atoms with van der Waals surface area (Å²) in [6, 6.07) is 9.21. The molecule has 1 unspecified atom stereocenters. The van der Waals surface area contributed by atoms with Gasteiger partial charge in [0.25, 0.3) is 5.91 Å². The van der Waals surface area contributed by atoms with Crippen molar-refractivity contribution >= 4 is 11.7 Å². The van der Waals surface area contributed by atoms with Crippen molar-refractivity contribution in [1.82, 2.24) is 25.5 Å². The molecule has 0 fully saturated rings. The molecule has 0 radical (unpaired) electrons. The summed E-state index contributed by atoms with van der Waals surface area (Å²) >= 11 is 0. The Labute approximate surface area is 169 Å². The third-order valence-electron chi connectivity index (χ3n) is 4.84. The predicted octanol–water partition coefficient (Wildman–Crippen LogP) is 2.11. The van der Waals surface area contributed by atoms with E-state index < -0.39 is 11.5 Å². The first-order chi connectivity index (χ1) is 13.9. The van der Waals surface area contributed by atoms with E-state index in [0.717, 1.165) is 28.8 Å². The number of hydrogen-bond acceptors (Lipinski definition) is 6. The number of rotatable bonds is 8. The van der Waals surface area contributed by atoms with Gasteiger partial charge in [-0.25, -0.2) is 9.97 Å². The molecular weight excluding hydrogens is 368 g/mol. The number of carbonyl (C=O) groups excluding carboxylic acids is 1. The van der Waals surface area contributed by atoms with Crippen LogP contribution in [0.4, 0.5) is 5.82 Å². The monoisotopic (exact) mass is 394 g/mol. The number of aromatic amines is 1. The normalized spacial score (nSPS) is 13.0. The number of anilines is 1. The van der Waals surface area contributed by atoms with Crippen molar-refractivity contribution in [3.63, 3.8) is 0 Å². The standard InChI is InChI=1S/C21H26N6O2/c1-14-15(2)26-19(27-18(14)22-10-9-16-11-24-25-12-16)20(28)23-13-21(3,29)17-7-5-4-6-8-17/h4-8,11-12,29H,9-10,13H2,1-3H3,(H,23,28)(H,24,25)(H,22,26,27). The van der Waals surface area contributed by atoms with Crippen molar-refractivity contribution in [3.8, 4) is 0 Å². The lowest BCUT2D eigenvalue weighted by Crippen LogP contribution is -2.39. The highest BCUT2D eigenvalue weighted by Crippen LogP contribution is 2.19. The SMILES string of the molecule is Cc1nc(C(=O)NCC(C)(O)c2ccccc2)nc(NCCc2cn[nH]c2)c1C. The molecule has 0 aliphatic heterocycles. The van der Waals surface area contributed by atoms with Crippen molar-refractivity contribution in [1.29, 1.82) is 0 Å². The minimum Gasteiger partial charge on any atom is -0.384 e. The fraction of sp³-hybridized carbons (Fsp3) is 0.333. The molecule has 3 rings (SSSR count). The van der Waals surface area contributed by atoms with Gasteiger partial charge in [-0.3, -0.25) is 9.89 Å². The highest BCUT2D eigenvalue weighted by atomic mass is 16.3. The fourth-order valence-electron chi connectivity index (χ4n) is 2.87. The fourth-order valence-corrected chi connectivity index (χ4v) is 2.87. The second-order valence-corrected chi connectivity index (χ2v) is 7.21. The largest absolute Gasteiger partial charge is 0.384 e. The second-order valence-electron chi connectivity index (χ2n) is 7.21. The molecule has 1 atom stereocenters. The molecule has 3 aromatic rings. The Morgan fingerprint density at radius 1 is 1.21 bits per heavy atom. The molecule has 29 heavy (non-hydrogen) atoms. The molecule has 0 saturated carbocycles. The van der Waals surface area contributed by atoms with Gasteiger partial charge in [-0.2, -0.15) is 5.10 Å². The van der Waals surface area contributed by atoms with E-state index in [1.807, 2.05) is 50.4 Å². The summed E-state index contributed by atoms with van der Waals surface area (Å²) in [5, 5.41) is 23.4. The third kappa shape index (κ3) is 5.17. The van der Waals surface area contributed by atoms with Crippen LogP contribution in [0.3, 0.4) is 0 Å². The molecule has 152 valence electrons. The van der Waals surface area contributed by atoms with E-state index >= 15 is 0 Å². The third-order valence-corrected chi connectivity index (χ3v) is 4.84. The van der Waals surface area contributed by atoms with Crippen LogP contribution in [0.1, 0.15) is 39.9 Å². The first-order valence-corrected chi connectivity index (χ1v) is 9.49. The van der Waals surface area contributed by atoms with Crippen molar-refractivity contribution in [2.45, 2.75) is 32.8 Å². The maximum absolute atomic E-state index is 12.6.